The molecule has 2 unspecified atom stereocenters. The van der Waals surface area contributed by atoms with Crippen LogP contribution in [0.15, 0.2) is 0 Å². The zero-order valence-corrected chi connectivity index (χ0v) is 8.95. The molecule has 0 aromatic rings. The molecule has 1 aliphatic heterocycles. The van der Waals surface area contributed by atoms with Crippen molar-refractivity contribution < 1.29 is 5.11 Å². The molecule has 1 rings (SSSR count). The first-order chi connectivity index (χ1) is 6.17. The molecule has 3 heteroatoms. The lowest BCUT2D eigenvalue weighted by Gasteiger charge is -2.20. The van der Waals surface area contributed by atoms with Gasteiger partial charge in [-0.15, -0.1) is 0 Å². The Hall–Kier alpha value is -0.120. The third-order valence-electron chi connectivity index (χ3n) is 2.75. The fraction of sp³-hybridized carbons (Fsp3) is 1.00. The molecule has 13 heavy (non-hydrogen) atoms. The van der Waals surface area contributed by atoms with Crippen molar-refractivity contribution in [3.05, 3.63) is 0 Å². The maximum absolute atomic E-state index is 9.20. The van der Waals surface area contributed by atoms with Crippen LogP contribution < -0.4 is 5.32 Å². The third kappa shape index (κ3) is 2.93. The number of hydrogen-bond donors (Lipinski definition) is 2. The van der Waals surface area contributed by atoms with Crippen LogP contribution in [0.3, 0.4) is 0 Å². The Bertz CT molecular complexity index is 150. The van der Waals surface area contributed by atoms with E-state index in [-0.39, 0.29) is 0 Å². The van der Waals surface area contributed by atoms with Gasteiger partial charge in [-0.2, -0.15) is 0 Å². The number of aliphatic hydroxyl groups excluding tert-OH is 1. The number of likely N-dealkylation sites (N-methyl/N-ethyl adjacent to an activating group) is 1. The molecule has 78 valence electrons. The van der Waals surface area contributed by atoms with Crippen molar-refractivity contribution >= 4 is 0 Å². The van der Waals surface area contributed by atoms with Gasteiger partial charge in [0.05, 0.1) is 0 Å². The van der Waals surface area contributed by atoms with E-state index in [0.717, 1.165) is 19.6 Å². The highest BCUT2D eigenvalue weighted by Crippen LogP contribution is 2.16. The summed E-state index contributed by atoms with van der Waals surface area (Å²) < 4.78 is 0. The van der Waals surface area contributed by atoms with Crippen molar-refractivity contribution in [3.8, 4) is 0 Å². The minimum atomic E-state index is 0.306. The predicted octanol–water partition coefficient (Wildman–Crippen LogP) is 0.297. The Morgan fingerprint density at radius 2 is 2.15 bits per heavy atom. The van der Waals surface area contributed by atoms with Crippen molar-refractivity contribution in [1.29, 1.82) is 0 Å². The highest BCUT2D eigenvalue weighted by atomic mass is 16.3. The predicted molar refractivity (Wildman–Crippen MR) is 54.7 cm³/mol. The summed E-state index contributed by atoms with van der Waals surface area (Å²) in [6, 6.07) is 0.987. The van der Waals surface area contributed by atoms with Gasteiger partial charge in [-0.3, -0.25) is 0 Å². The van der Waals surface area contributed by atoms with Crippen LogP contribution in [0.4, 0.5) is 0 Å². The van der Waals surface area contributed by atoms with Crippen LogP contribution in [0.5, 0.6) is 0 Å². The van der Waals surface area contributed by atoms with Gasteiger partial charge in [0.2, 0.25) is 0 Å². The molecule has 1 saturated heterocycles. The first kappa shape index (κ1) is 11.0. The average Bonchev–Trinajstić information content (AvgIpc) is 2.46. The largest absolute Gasteiger partial charge is 0.396 e. The van der Waals surface area contributed by atoms with Gasteiger partial charge in [-0.25, -0.2) is 0 Å². The molecule has 0 amide bonds. The summed E-state index contributed by atoms with van der Waals surface area (Å²) in [6.07, 6.45) is 0. The molecule has 0 aromatic heterocycles. The summed E-state index contributed by atoms with van der Waals surface area (Å²) in [5, 5.41) is 12.7. The first-order valence-electron chi connectivity index (χ1n) is 5.26. The van der Waals surface area contributed by atoms with Gasteiger partial charge in [0.25, 0.3) is 0 Å². The van der Waals surface area contributed by atoms with Crippen LogP contribution in [0, 0.1) is 5.92 Å². The van der Waals surface area contributed by atoms with Crippen LogP contribution in [0.1, 0.15) is 20.8 Å². The van der Waals surface area contributed by atoms with E-state index < -0.39 is 0 Å². The Balaban J connectivity index is 2.43. The highest BCUT2D eigenvalue weighted by molar-refractivity contribution is 4.88. The number of likely N-dealkylation sites (tertiary alicyclic amines) is 1. The minimum Gasteiger partial charge on any atom is -0.396 e. The van der Waals surface area contributed by atoms with Crippen LogP contribution in [0.25, 0.3) is 0 Å². The second kappa shape index (κ2) is 4.94. The van der Waals surface area contributed by atoms with E-state index in [9.17, 15) is 5.11 Å². The lowest BCUT2D eigenvalue weighted by Crippen LogP contribution is -2.41. The monoisotopic (exact) mass is 186 g/mol. The quantitative estimate of drug-likeness (QED) is 0.663. The Labute approximate surface area is 81.1 Å². The van der Waals surface area contributed by atoms with Crippen molar-refractivity contribution in [2.45, 2.75) is 32.9 Å². The summed E-state index contributed by atoms with van der Waals surface area (Å²) >= 11 is 0. The van der Waals surface area contributed by atoms with Crippen molar-refractivity contribution in [2.24, 2.45) is 5.92 Å². The van der Waals surface area contributed by atoms with Crippen LogP contribution in [0.2, 0.25) is 0 Å². The molecule has 0 aromatic carbocycles. The molecule has 0 spiro atoms. The van der Waals surface area contributed by atoms with E-state index in [1.165, 1.54) is 0 Å². The summed E-state index contributed by atoms with van der Waals surface area (Å²) in [5.74, 6) is 0.419. The number of aliphatic hydroxyl groups is 1. The van der Waals surface area contributed by atoms with E-state index in [4.69, 9.17) is 0 Å². The molecule has 2 N–H and O–H groups in total. The highest BCUT2D eigenvalue weighted by Gasteiger charge is 2.31. The third-order valence-corrected chi connectivity index (χ3v) is 2.75. The number of rotatable bonds is 4. The van der Waals surface area contributed by atoms with Gasteiger partial charge in [-0.05, 0) is 6.54 Å². The smallest absolute Gasteiger partial charge is 0.0486 e. The maximum atomic E-state index is 9.20. The summed E-state index contributed by atoms with van der Waals surface area (Å²) in [4.78, 5) is 2.39. The van der Waals surface area contributed by atoms with Gasteiger partial charge < -0.3 is 15.3 Å². The van der Waals surface area contributed by atoms with E-state index in [1.54, 1.807) is 0 Å². The first-order valence-corrected chi connectivity index (χ1v) is 5.26. The molecule has 0 aliphatic carbocycles. The number of nitrogens with zero attached hydrogens (tertiary/aromatic N) is 1. The zero-order valence-electron chi connectivity index (χ0n) is 8.95. The minimum absolute atomic E-state index is 0.306. The van der Waals surface area contributed by atoms with Crippen molar-refractivity contribution in [1.82, 2.24) is 10.2 Å². The van der Waals surface area contributed by atoms with Gasteiger partial charge in [0.15, 0.2) is 0 Å². The molecule has 0 radical (unpaired) electrons. The van der Waals surface area contributed by atoms with Crippen LogP contribution in [-0.4, -0.2) is 48.3 Å². The summed E-state index contributed by atoms with van der Waals surface area (Å²) in [6.45, 7) is 10.0. The molecule has 0 bridgehead atoms. The molecule has 3 nitrogen and oxygen atoms in total. The Morgan fingerprint density at radius 3 is 2.62 bits per heavy atom. The van der Waals surface area contributed by atoms with Gasteiger partial charge in [-0.1, -0.05) is 20.8 Å². The Kier molecular flexibility index (Phi) is 4.16. The lowest BCUT2D eigenvalue weighted by molar-refractivity contribution is 0.206. The van der Waals surface area contributed by atoms with E-state index >= 15 is 0 Å². The van der Waals surface area contributed by atoms with Crippen molar-refractivity contribution in [2.75, 3.05) is 26.2 Å². The molecule has 2 atom stereocenters. The summed E-state index contributed by atoms with van der Waals surface area (Å²) in [5.41, 5.74) is 0. The van der Waals surface area contributed by atoms with E-state index in [0.29, 0.717) is 24.6 Å². The van der Waals surface area contributed by atoms with Crippen LogP contribution in [-0.2, 0) is 0 Å². The molecule has 1 aliphatic rings. The van der Waals surface area contributed by atoms with Crippen molar-refractivity contribution in [3.63, 3.8) is 0 Å². The van der Waals surface area contributed by atoms with Gasteiger partial charge in [0, 0.05) is 37.7 Å². The van der Waals surface area contributed by atoms with E-state index in [1.807, 2.05) is 0 Å². The summed E-state index contributed by atoms with van der Waals surface area (Å²) in [7, 11) is 0. The normalized spacial score (nSPS) is 30.2. The molecule has 1 heterocycles. The average molecular weight is 186 g/mol. The molecule has 1 fully saturated rings. The standard InChI is InChI=1S/C10H22N2O/c1-4-12-5-9(7-13)10(6-12)11-8(2)3/h8-11,13H,4-7H2,1-3H3. The second-order valence-electron chi connectivity index (χ2n) is 4.22. The SMILES string of the molecule is CCN1CC(CO)C(NC(C)C)C1. The second-order valence-corrected chi connectivity index (χ2v) is 4.22. The molecular weight excluding hydrogens is 164 g/mol. The fourth-order valence-corrected chi connectivity index (χ4v) is 2.02. The number of nitrogens with one attached hydrogen (secondary N) is 1. The zero-order chi connectivity index (χ0) is 9.84. The lowest BCUT2D eigenvalue weighted by atomic mass is 10.0. The van der Waals surface area contributed by atoms with E-state index in [2.05, 4.69) is 31.0 Å². The maximum Gasteiger partial charge on any atom is 0.0486 e. The number of hydrogen-bond acceptors (Lipinski definition) is 3. The molecule has 0 saturated carbocycles. The topological polar surface area (TPSA) is 35.5 Å². The van der Waals surface area contributed by atoms with Crippen LogP contribution >= 0.6 is 0 Å². The fourth-order valence-electron chi connectivity index (χ4n) is 2.02. The van der Waals surface area contributed by atoms with Gasteiger partial charge >= 0.3 is 0 Å². The van der Waals surface area contributed by atoms with Gasteiger partial charge in [0.1, 0.15) is 0 Å². The Morgan fingerprint density at radius 1 is 1.46 bits per heavy atom. The molecular formula is C10H22N2O.